The molecule has 1 rings (SSSR count). The molecular formula is C12H20N4S2. The van der Waals surface area contributed by atoms with Crippen molar-refractivity contribution in [3.05, 3.63) is 6.33 Å². The average Bonchev–Trinajstić information content (AvgIpc) is 2.89. The summed E-state index contributed by atoms with van der Waals surface area (Å²) in [4.78, 5) is 4.12. The zero-order chi connectivity index (χ0) is 13.3. The van der Waals surface area contributed by atoms with E-state index in [1.807, 2.05) is 6.92 Å². The second-order valence-electron chi connectivity index (χ2n) is 4.38. The lowest BCUT2D eigenvalue weighted by atomic mass is 9.96. The highest BCUT2D eigenvalue weighted by molar-refractivity contribution is 8.00. The number of hydrogen-bond acceptors (Lipinski definition) is 6. The number of unbranched alkanes of at least 4 members (excludes halogenated alkanes) is 1. The number of aromatic nitrogens is 2. The first-order valence-corrected chi connectivity index (χ1v) is 8.02. The van der Waals surface area contributed by atoms with Crippen LogP contribution in [0, 0.1) is 11.3 Å². The Morgan fingerprint density at radius 1 is 1.56 bits per heavy atom. The second-order valence-corrected chi connectivity index (χ2v) is 6.51. The van der Waals surface area contributed by atoms with Gasteiger partial charge in [-0.1, -0.05) is 18.7 Å². The SMILES string of the molecule is CCCNC(C)(C#N)CCCCSc1ncns1. The molecule has 1 atom stereocenters. The summed E-state index contributed by atoms with van der Waals surface area (Å²) in [5.41, 5.74) is -0.372. The van der Waals surface area contributed by atoms with Crippen molar-refractivity contribution < 1.29 is 0 Å². The summed E-state index contributed by atoms with van der Waals surface area (Å²) in [5, 5.41) is 12.5. The molecule has 0 saturated heterocycles. The van der Waals surface area contributed by atoms with Crippen molar-refractivity contribution in [2.24, 2.45) is 0 Å². The summed E-state index contributed by atoms with van der Waals surface area (Å²) in [5.74, 6) is 1.05. The highest BCUT2D eigenvalue weighted by Gasteiger charge is 2.21. The van der Waals surface area contributed by atoms with Gasteiger partial charge in [0.1, 0.15) is 11.9 Å². The van der Waals surface area contributed by atoms with E-state index in [0.29, 0.717) is 0 Å². The van der Waals surface area contributed by atoms with Gasteiger partial charge in [0, 0.05) is 5.75 Å². The van der Waals surface area contributed by atoms with Crippen molar-refractivity contribution >= 4 is 23.3 Å². The van der Waals surface area contributed by atoms with Crippen molar-refractivity contribution in [2.75, 3.05) is 12.3 Å². The fraction of sp³-hybridized carbons (Fsp3) is 0.750. The van der Waals surface area contributed by atoms with Crippen molar-refractivity contribution in [1.82, 2.24) is 14.7 Å². The van der Waals surface area contributed by atoms with Crippen LogP contribution in [-0.4, -0.2) is 27.2 Å². The van der Waals surface area contributed by atoms with Gasteiger partial charge in [0.05, 0.1) is 6.07 Å². The van der Waals surface area contributed by atoms with Crippen LogP contribution in [0.25, 0.3) is 0 Å². The first kappa shape index (κ1) is 15.4. The molecule has 100 valence electrons. The molecule has 0 saturated carbocycles. The third-order valence-electron chi connectivity index (χ3n) is 2.65. The summed E-state index contributed by atoms with van der Waals surface area (Å²) < 4.78 is 4.99. The maximum atomic E-state index is 9.18. The molecule has 4 nitrogen and oxygen atoms in total. The number of hydrogen-bond donors (Lipinski definition) is 1. The highest BCUT2D eigenvalue weighted by Crippen LogP contribution is 2.21. The number of thioether (sulfide) groups is 1. The molecule has 0 aliphatic heterocycles. The minimum atomic E-state index is -0.372. The highest BCUT2D eigenvalue weighted by atomic mass is 32.2. The molecule has 1 heterocycles. The Morgan fingerprint density at radius 3 is 3.00 bits per heavy atom. The number of nitrogens with zero attached hydrogens (tertiary/aromatic N) is 3. The lowest BCUT2D eigenvalue weighted by Gasteiger charge is -2.22. The largest absolute Gasteiger partial charge is 0.300 e. The molecule has 0 spiro atoms. The summed E-state index contributed by atoms with van der Waals surface area (Å²) in [6.45, 7) is 5.01. The first-order chi connectivity index (χ1) is 8.70. The van der Waals surface area contributed by atoms with E-state index in [2.05, 4.69) is 27.7 Å². The minimum Gasteiger partial charge on any atom is -0.300 e. The topological polar surface area (TPSA) is 61.6 Å². The number of rotatable bonds is 9. The van der Waals surface area contributed by atoms with Crippen molar-refractivity contribution in [2.45, 2.75) is 49.4 Å². The van der Waals surface area contributed by atoms with E-state index in [4.69, 9.17) is 0 Å². The summed E-state index contributed by atoms with van der Waals surface area (Å²) >= 11 is 3.18. The van der Waals surface area contributed by atoms with Crippen LogP contribution in [0.1, 0.15) is 39.5 Å². The van der Waals surface area contributed by atoms with E-state index in [1.165, 1.54) is 11.5 Å². The predicted octanol–water partition coefficient (Wildman–Crippen LogP) is 3.08. The lowest BCUT2D eigenvalue weighted by Crippen LogP contribution is -2.41. The van der Waals surface area contributed by atoms with Crippen LogP contribution >= 0.6 is 23.3 Å². The van der Waals surface area contributed by atoms with Gasteiger partial charge < -0.3 is 0 Å². The van der Waals surface area contributed by atoms with Crippen LogP contribution in [-0.2, 0) is 0 Å². The zero-order valence-corrected chi connectivity index (χ0v) is 12.6. The fourth-order valence-electron chi connectivity index (χ4n) is 1.55. The van der Waals surface area contributed by atoms with Crippen LogP contribution in [0.4, 0.5) is 0 Å². The van der Waals surface area contributed by atoms with E-state index in [-0.39, 0.29) is 5.54 Å². The van der Waals surface area contributed by atoms with Gasteiger partial charge >= 0.3 is 0 Å². The molecule has 0 aromatic carbocycles. The molecule has 0 aliphatic rings. The van der Waals surface area contributed by atoms with E-state index in [0.717, 1.165) is 42.3 Å². The Bertz CT molecular complexity index is 361. The molecule has 0 radical (unpaired) electrons. The lowest BCUT2D eigenvalue weighted by molar-refractivity contribution is 0.406. The molecule has 0 aliphatic carbocycles. The Morgan fingerprint density at radius 2 is 2.39 bits per heavy atom. The van der Waals surface area contributed by atoms with Gasteiger partial charge in [-0.3, -0.25) is 5.32 Å². The Labute approximate surface area is 117 Å². The quantitative estimate of drug-likeness (QED) is 0.558. The molecule has 18 heavy (non-hydrogen) atoms. The van der Waals surface area contributed by atoms with Crippen LogP contribution in [0.2, 0.25) is 0 Å². The van der Waals surface area contributed by atoms with Crippen LogP contribution in [0.15, 0.2) is 10.7 Å². The van der Waals surface area contributed by atoms with Gasteiger partial charge in [0.15, 0.2) is 4.34 Å². The van der Waals surface area contributed by atoms with E-state index >= 15 is 0 Å². The van der Waals surface area contributed by atoms with Gasteiger partial charge in [0.25, 0.3) is 0 Å². The van der Waals surface area contributed by atoms with Crippen molar-refractivity contribution in [3.8, 4) is 6.07 Å². The Balaban J connectivity index is 2.13. The molecule has 0 amide bonds. The molecule has 6 heteroatoms. The molecule has 0 fully saturated rings. The summed E-state index contributed by atoms with van der Waals surface area (Å²) in [6.07, 6.45) is 5.72. The van der Waals surface area contributed by atoms with Crippen LogP contribution in [0.3, 0.4) is 0 Å². The molecule has 1 N–H and O–H groups in total. The average molecular weight is 284 g/mol. The first-order valence-electron chi connectivity index (χ1n) is 6.26. The number of nitrogens with one attached hydrogen (secondary N) is 1. The fourth-order valence-corrected chi connectivity index (χ4v) is 3.06. The maximum absolute atomic E-state index is 9.18. The molecule has 1 aromatic rings. The molecule has 1 aromatic heterocycles. The van der Waals surface area contributed by atoms with Gasteiger partial charge in [0.2, 0.25) is 0 Å². The maximum Gasteiger partial charge on any atom is 0.169 e. The van der Waals surface area contributed by atoms with Crippen molar-refractivity contribution in [3.63, 3.8) is 0 Å². The molecule has 0 bridgehead atoms. The summed E-state index contributed by atoms with van der Waals surface area (Å²) in [6, 6.07) is 2.38. The standard InChI is InChI=1S/C12H20N4S2/c1-3-7-15-12(2,9-13)6-4-5-8-17-11-14-10-16-18-11/h10,15H,3-8H2,1-2H3. The normalized spacial score (nSPS) is 14.1. The minimum absolute atomic E-state index is 0.372. The monoisotopic (exact) mass is 284 g/mol. The van der Waals surface area contributed by atoms with Crippen LogP contribution < -0.4 is 5.32 Å². The Hall–Kier alpha value is -0.640. The smallest absolute Gasteiger partial charge is 0.169 e. The molecular weight excluding hydrogens is 264 g/mol. The van der Waals surface area contributed by atoms with E-state index < -0.39 is 0 Å². The predicted molar refractivity (Wildman–Crippen MR) is 76.8 cm³/mol. The van der Waals surface area contributed by atoms with Crippen molar-refractivity contribution in [1.29, 1.82) is 5.26 Å². The van der Waals surface area contributed by atoms with Gasteiger partial charge in [-0.25, -0.2) is 4.98 Å². The van der Waals surface area contributed by atoms with Gasteiger partial charge in [-0.05, 0) is 50.7 Å². The van der Waals surface area contributed by atoms with Crippen LogP contribution in [0.5, 0.6) is 0 Å². The third-order valence-corrected chi connectivity index (χ3v) is 4.53. The Kier molecular flexibility index (Phi) is 7.25. The second kappa shape index (κ2) is 8.46. The van der Waals surface area contributed by atoms with E-state index in [9.17, 15) is 5.26 Å². The van der Waals surface area contributed by atoms with Gasteiger partial charge in [-0.15, -0.1) is 0 Å². The van der Waals surface area contributed by atoms with Gasteiger partial charge in [-0.2, -0.15) is 9.64 Å². The van der Waals surface area contributed by atoms with E-state index in [1.54, 1.807) is 18.1 Å². The number of nitriles is 1. The molecule has 1 unspecified atom stereocenters. The third kappa shape index (κ3) is 5.80. The summed E-state index contributed by atoms with van der Waals surface area (Å²) in [7, 11) is 0. The zero-order valence-electron chi connectivity index (χ0n) is 11.0.